The fourth-order valence-electron chi connectivity index (χ4n) is 10.3. The smallest absolute Gasteiger partial charge is 0.410 e. The van der Waals surface area contributed by atoms with Crippen molar-refractivity contribution in [1.29, 1.82) is 0 Å². The molecule has 1 atom stereocenters. The molecular weight excluding hydrogens is 1370 g/mol. The van der Waals surface area contributed by atoms with Crippen LogP contribution in [0.15, 0.2) is 179 Å². The van der Waals surface area contributed by atoms with Crippen molar-refractivity contribution in [3.05, 3.63) is 228 Å². The van der Waals surface area contributed by atoms with E-state index in [2.05, 4.69) is 68.5 Å². The standard InChI is InChI=1S/2C30H33BrN4O4.C10H14O4.NO3/c2*1-2-15-33-20-25(19-26(31)22-33)29(37)35(27-10-4-3-5-11-27)17-13-28(36)32-14-18-39-30(38)34-16-12-23-8-6-7-9-24(23)21-34;11-10(12)5-3-1-2-4-9-8-13-6-7-14-9;2-1(3)4/h2*3-11,19-20,22H,2,12-18,21H2,1H3;1-3,5,9H,4,6-8H2,(H,11,12);/q;;;-1/p+1/b;;2-1+,5-3+;. The van der Waals surface area contributed by atoms with E-state index in [1.165, 1.54) is 17.2 Å². The number of anilines is 2. The van der Waals surface area contributed by atoms with Gasteiger partial charge in [0.2, 0.25) is 11.8 Å². The number of carboxylic acids is 1. The summed E-state index contributed by atoms with van der Waals surface area (Å²) >= 11 is 7.00. The van der Waals surface area contributed by atoms with Gasteiger partial charge in [-0.2, -0.15) is 0 Å². The molecule has 1 fully saturated rings. The van der Waals surface area contributed by atoms with Crippen LogP contribution in [-0.2, 0) is 72.4 Å². The van der Waals surface area contributed by atoms with Gasteiger partial charge in [0.25, 0.3) is 11.8 Å². The second-order valence-corrected chi connectivity index (χ2v) is 23.8. The lowest BCUT2D eigenvalue weighted by molar-refractivity contribution is -0.697. The molecule has 24 nitrogen and oxygen atoms in total. The van der Waals surface area contributed by atoms with E-state index in [4.69, 9.17) is 34.3 Å². The Morgan fingerprint density at radius 3 is 1.46 bits per heavy atom. The summed E-state index contributed by atoms with van der Waals surface area (Å²) in [7, 11) is 0. The average Bonchev–Trinajstić information content (AvgIpc) is 0.865. The molecule has 0 saturated carbocycles. The Bertz CT molecular complexity index is 3380. The second kappa shape index (κ2) is 41.5. The maximum absolute atomic E-state index is 13.5. The van der Waals surface area contributed by atoms with Crippen molar-refractivity contribution in [1.82, 2.24) is 20.4 Å². The number of rotatable bonds is 24. The highest BCUT2D eigenvalue weighted by atomic mass is 79.9. The van der Waals surface area contributed by atoms with Crippen LogP contribution in [0.2, 0.25) is 0 Å². The van der Waals surface area contributed by atoms with E-state index in [-0.39, 0.29) is 94.2 Å². The number of nitrogens with zero attached hydrogens (tertiary/aromatic N) is 7. The number of benzene rings is 4. The van der Waals surface area contributed by atoms with Gasteiger partial charge in [-0.15, -0.1) is 0 Å². The number of aliphatic carboxylic acids is 1. The topological polar surface area (TPSA) is 290 Å². The van der Waals surface area contributed by atoms with E-state index in [0.29, 0.717) is 68.5 Å². The van der Waals surface area contributed by atoms with Crippen molar-refractivity contribution in [2.75, 3.05) is 82.1 Å². The Morgan fingerprint density at radius 2 is 1.05 bits per heavy atom. The first-order chi connectivity index (χ1) is 46.4. The van der Waals surface area contributed by atoms with Gasteiger partial charge < -0.3 is 74.4 Å². The zero-order valence-electron chi connectivity index (χ0n) is 53.8. The van der Waals surface area contributed by atoms with Crippen LogP contribution < -0.4 is 34.7 Å². The van der Waals surface area contributed by atoms with E-state index in [0.717, 1.165) is 71.3 Å². The van der Waals surface area contributed by atoms with Crippen LogP contribution in [0.1, 0.15) is 88.9 Å². The van der Waals surface area contributed by atoms with Gasteiger partial charge in [-0.1, -0.05) is 117 Å². The van der Waals surface area contributed by atoms with Crippen molar-refractivity contribution in [3.8, 4) is 0 Å². The summed E-state index contributed by atoms with van der Waals surface area (Å²) in [5.74, 6) is -2.00. The normalized spacial score (nSPS) is 13.7. The number of amides is 6. The molecule has 5 heterocycles. The molecular formula is C70H81Br2N9O15. The van der Waals surface area contributed by atoms with E-state index in [1.807, 2.05) is 137 Å². The molecule has 9 rings (SSSR count). The summed E-state index contributed by atoms with van der Waals surface area (Å²) in [6.45, 7) is 10.9. The molecule has 4 aromatic carbocycles. The Morgan fingerprint density at radius 1 is 0.625 bits per heavy atom. The van der Waals surface area contributed by atoms with Gasteiger partial charge >= 0.3 is 12.2 Å². The summed E-state index contributed by atoms with van der Waals surface area (Å²) in [5.41, 5.74) is 7.30. The molecule has 3 aliphatic heterocycles. The average molecular weight is 1450 g/mol. The highest BCUT2D eigenvalue weighted by molar-refractivity contribution is 9.10. The van der Waals surface area contributed by atoms with Crippen LogP contribution in [0.25, 0.3) is 0 Å². The third kappa shape index (κ3) is 26.8. The van der Waals surface area contributed by atoms with Gasteiger partial charge in [0, 0.05) is 76.3 Å². The molecule has 26 heteroatoms. The number of ether oxygens (including phenoxy) is 4. The van der Waals surface area contributed by atoms with Crippen molar-refractivity contribution in [2.45, 2.75) is 91.1 Å². The van der Waals surface area contributed by atoms with Gasteiger partial charge in [0.15, 0.2) is 24.8 Å². The van der Waals surface area contributed by atoms with Crippen LogP contribution in [0, 0.1) is 15.3 Å². The first-order valence-corrected chi connectivity index (χ1v) is 33.2. The summed E-state index contributed by atoms with van der Waals surface area (Å²) in [5, 5.41) is 30.3. The molecule has 1 saturated heterocycles. The fourth-order valence-corrected chi connectivity index (χ4v) is 11.3. The molecule has 0 spiro atoms. The molecule has 0 bridgehead atoms. The molecule has 3 aliphatic rings. The zero-order chi connectivity index (χ0) is 69.0. The van der Waals surface area contributed by atoms with E-state index < -0.39 is 11.1 Å². The molecule has 0 aliphatic carbocycles. The summed E-state index contributed by atoms with van der Waals surface area (Å²) in [6.07, 6.45) is 17.3. The highest BCUT2D eigenvalue weighted by Crippen LogP contribution is 2.23. The minimum absolute atomic E-state index is 0.0829. The quantitative estimate of drug-likeness (QED) is 0.0144. The number of para-hydroxylation sites is 2. The highest BCUT2D eigenvalue weighted by Gasteiger charge is 2.26. The SMILES string of the molecule is CCC[n+]1cc(Br)cc(C(=O)N(CCC(=O)NCCOC(=O)N2CCc3ccccc3C2)c2ccccc2)c1.CCC[n+]1cc(Br)cc(C(=O)N(CCC(=O)NCCOC(=O)N2CCc3ccccc3C2)c2ccccc2)c1.O=C([O-])/C=C/C=C/CC1COCCO1.O=[N+]([O-])[O-]. The van der Waals surface area contributed by atoms with Crippen LogP contribution >= 0.6 is 31.9 Å². The lowest BCUT2D eigenvalue weighted by Gasteiger charge is -2.28. The second-order valence-electron chi connectivity index (χ2n) is 22.0. The van der Waals surface area contributed by atoms with Crippen LogP contribution in [-0.4, -0.2) is 135 Å². The van der Waals surface area contributed by atoms with Gasteiger partial charge in [-0.25, -0.2) is 18.7 Å². The van der Waals surface area contributed by atoms with E-state index in [9.17, 15) is 38.7 Å². The monoisotopic (exact) mass is 1450 g/mol. The Labute approximate surface area is 575 Å². The number of nitrogens with one attached hydrogen (secondary N) is 2. The van der Waals surface area contributed by atoms with Crippen molar-refractivity contribution >= 4 is 85.0 Å². The maximum atomic E-state index is 13.5. The van der Waals surface area contributed by atoms with Crippen LogP contribution in [0.3, 0.4) is 0 Å². The summed E-state index contributed by atoms with van der Waals surface area (Å²) in [4.78, 5) is 102. The third-order valence-electron chi connectivity index (χ3n) is 14.8. The number of hydrogen-bond donors (Lipinski definition) is 2. The Kier molecular flexibility index (Phi) is 32.7. The molecule has 2 N–H and O–H groups in total. The molecule has 96 heavy (non-hydrogen) atoms. The zero-order valence-corrected chi connectivity index (χ0v) is 57.0. The third-order valence-corrected chi connectivity index (χ3v) is 15.7. The predicted octanol–water partition coefficient (Wildman–Crippen LogP) is 8.40. The van der Waals surface area contributed by atoms with Crippen LogP contribution in [0.5, 0.6) is 0 Å². The number of fused-ring (bicyclic) bond motifs is 2. The van der Waals surface area contributed by atoms with E-state index in [1.54, 1.807) is 37.8 Å². The first kappa shape index (κ1) is 75.7. The summed E-state index contributed by atoms with van der Waals surface area (Å²) in [6, 6.07) is 38.4. The fraction of sp³-hybridized carbons (Fsp3) is 0.357. The summed E-state index contributed by atoms with van der Waals surface area (Å²) < 4.78 is 26.9. The maximum Gasteiger partial charge on any atom is 0.410 e. The number of carbonyl (C=O) groups is 7. The van der Waals surface area contributed by atoms with Crippen molar-refractivity contribution in [2.24, 2.45) is 0 Å². The molecule has 0 radical (unpaired) electrons. The van der Waals surface area contributed by atoms with E-state index >= 15 is 0 Å². The minimum Gasteiger partial charge on any atom is -0.545 e. The van der Waals surface area contributed by atoms with Gasteiger partial charge in [-0.05, 0) is 116 Å². The molecule has 6 amide bonds. The van der Waals surface area contributed by atoms with Crippen molar-refractivity contribution in [3.63, 3.8) is 0 Å². The number of aromatic nitrogens is 2. The van der Waals surface area contributed by atoms with Gasteiger partial charge in [-0.3, -0.25) is 19.2 Å². The number of allylic oxidation sites excluding steroid dienone is 2. The largest absolute Gasteiger partial charge is 0.545 e. The molecule has 510 valence electrons. The van der Waals surface area contributed by atoms with Crippen LogP contribution in [0.4, 0.5) is 21.0 Å². The van der Waals surface area contributed by atoms with Gasteiger partial charge in [0.05, 0.1) is 59.0 Å². The Hall–Kier alpha value is -9.37. The molecule has 1 unspecified atom stereocenters. The minimum atomic E-state index is -1.75. The predicted molar refractivity (Wildman–Crippen MR) is 363 cm³/mol. The number of hydrogen-bond acceptors (Lipinski definition) is 15. The number of carboxylic acid groups (broad SMARTS) is 1. The molecule has 2 aromatic heterocycles. The number of carbonyl (C=O) groups excluding carboxylic acids is 7. The number of aryl methyl sites for hydroxylation is 2. The first-order valence-electron chi connectivity index (χ1n) is 31.6. The Balaban J connectivity index is 0.000000242. The lowest BCUT2D eigenvalue weighted by atomic mass is 10.0. The molecule has 6 aromatic rings. The van der Waals surface area contributed by atoms with Gasteiger partial charge in [0.1, 0.15) is 37.4 Å². The lowest BCUT2D eigenvalue weighted by Crippen LogP contribution is -2.39. The van der Waals surface area contributed by atoms with Crippen molar-refractivity contribution < 1.29 is 71.8 Å². The number of pyridine rings is 2. The number of halogens is 2.